The van der Waals surface area contributed by atoms with Crippen molar-refractivity contribution in [1.29, 1.82) is 0 Å². The maximum atomic E-state index is 15.0. The van der Waals surface area contributed by atoms with Gasteiger partial charge in [0.15, 0.2) is 17.2 Å². The van der Waals surface area contributed by atoms with Crippen molar-refractivity contribution in [2.24, 2.45) is 0 Å². The van der Waals surface area contributed by atoms with E-state index in [0.717, 1.165) is 30.4 Å². The van der Waals surface area contributed by atoms with E-state index in [1.807, 2.05) is 0 Å². The second-order valence-corrected chi connectivity index (χ2v) is 20.1. The van der Waals surface area contributed by atoms with E-state index >= 15 is 0 Å². The molecule has 0 aliphatic rings. The van der Waals surface area contributed by atoms with Gasteiger partial charge >= 0.3 is 5.97 Å². The average molecular weight is 983 g/mol. The van der Waals surface area contributed by atoms with Gasteiger partial charge in [0.2, 0.25) is 10.1 Å². The molecule has 0 saturated heterocycles. The van der Waals surface area contributed by atoms with Crippen LogP contribution in [0.25, 0.3) is 0 Å². The summed E-state index contributed by atoms with van der Waals surface area (Å²) in [6.07, 6.45) is 1.87. The Labute approximate surface area is 395 Å². The van der Waals surface area contributed by atoms with Gasteiger partial charge in [0.1, 0.15) is 23.0 Å². The molecule has 17 nitrogen and oxygen atoms in total. The Kier molecular flexibility index (Phi) is 17.1. The topological polar surface area (TPSA) is 194 Å². The largest absolute Gasteiger partial charge is 0.497 e. The lowest BCUT2D eigenvalue weighted by Crippen LogP contribution is -2.37. The van der Waals surface area contributed by atoms with Gasteiger partial charge < -0.3 is 28.8 Å². The summed E-state index contributed by atoms with van der Waals surface area (Å²) in [5.74, 6) is -0.236. The molecule has 0 radical (unpaired) electrons. The van der Waals surface area contributed by atoms with Crippen molar-refractivity contribution in [2.45, 2.75) is 75.0 Å². The molecule has 0 unspecified atom stereocenters. The van der Waals surface area contributed by atoms with Crippen LogP contribution in [-0.2, 0) is 66.8 Å². The predicted molar refractivity (Wildman–Crippen MR) is 247 cm³/mol. The van der Waals surface area contributed by atoms with Gasteiger partial charge in [-0.2, -0.15) is 18.8 Å². The Hall–Kier alpha value is -6.39. The molecule has 0 atom stereocenters. The molecule has 0 saturated carbocycles. The highest BCUT2D eigenvalue weighted by molar-refractivity contribution is 7.89. The summed E-state index contributed by atoms with van der Waals surface area (Å²) >= 11 is 0. The minimum Gasteiger partial charge on any atom is -0.497 e. The minimum absolute atomic E-state index is 0.00590. The van der Waals surface area contributed by atoms with Crippen molar-refractivity contribution < 1.29 is 59.2 Å². The van der Waals surface area contributed by atoms with Crippen molar-refractivity contribution in [3.63, 3.8) is 0 Å². The number of benzene rings is 4. The number of aliphatic hydroxyl groups is 1. The molecule has 366 valence electrons. The third-order valence-electron chi connectivity index (χ3n) is 10.8. The Bertz CT molecular complexity index is 2740. The normalized spacial score (nSPS) is 12.1. The molecule has 6 aromatic rings. The number of esters is 1. The minimum atomic E-state index is -4.42. The lowest BCUT2D eigenvalue weighted by molar-refractivity contribution is -0.150. The smallest absolute Gasteiger partial charge is 0.333 e. The Morgan fingerprint density at radius 3 is 1.09 bits per heavy atom. The third-order valence-corrected chi connectivity index (χ3v) is 14.2. The highest BCUT2D eigenvalue weighted by Crippen LogP contribution is 2.29. The third kappa shape index (κ3) is 12.4. The number of hydrogen-bond acceptors (Lipinski definition) is 13. The van der Waals surface area contributed by atoms with Gasteiger partial charge in [0.25, 0.3) is 20.0 Å². The van der Waals surface area contributed by atoms with Crippen LogP contribution in [-0.4, -0.2) is 98.2 Å². The van der Waals surface area contributed by atoms with Gasteiger partial charge in [-0.1, -0.05) is 48.5 Å². The summed E-state index contributed by atoms with van der Waals surface area (Å²) in [7, 11) is -1.40. The summed E-state index contributed by atoms with van der Waals surface area (Å²) in [6.45, 7) is 5.71. The molecule has 0 amide bonds. The number of sulfonamides is 2. The van der Waals surface area contributed by atoms with Crippen LogP contribution in [0.3, 0.4) is 0 Å². The molecule has 1 N–H and O–H groups in total. The fourth-order valence-corrected chi connectivity index (χ4v) is 9.22. The van der Waals surface area contributed by atoms with E-state index in [2.05, 4.69) is 10.2 Å². The van der Waals surface area contributed by atoms with Crippen LogP contribution < -0.4 is 18.9 Å². The standard InChI is InChI=1S/C24H28FN3O6S.C23H28FN3O5S/c1-24(2,23(29)34-5)28-16-21(25)22(26-28)35(30,31)27(14-17-6-10-19(32-3)11-7-17)15-18-8-12-20(33-4)13-9-18;1-23(2,16-28)27-15-21(24)22(25-27)33(29,30)26(13-17-5-9-19(31-3)10-6-17)14-18-7-11-20(32-4)12-8-18/h6-13,16H,14-15H2,1-5H3;5-12,15,28H,13-14,16H2,1-4H3. The number of rotatable bonds is 20. The SMILES string of the molecule is COC(=O)C(C)(C)n1cc(F)c(S(=O)(=O)N(Cc2ccc(OC)cc2)Cc2ccc(OC)cc2)n1.COc1ccc(CN(Cc2ccc(OC)cc2)S(=O)(=O)c2nn(C(C)(C)CO)cc2F)cc1. The molecular weight excluding hydrogens is 927 g/mol. The summed E-state index contributed by atoms with van der Waals surface area (Å²) in [5, 5.41) is 16.0. The zero-order valence-corrected chi connectivity index (χ0v) is 40.8. The molecule has 0 spiro atoms. The molecule has 6 rings (SSSR count). The lowest BCUT2D eigenvalue weighted by Gasteiger charge is -2.23. The van der Waals surface area contributed by atoms with E-state index in [-0.39, 0.29) is 32.8 Å². The Morgan fingerprint density at radius 1 is 0.544 bits per heavy atom. The van der Waals surface area contributed by atoms with Gasteiger partial charge in [-0.3, -0.25) is 9.36 Å². The molecule has 0 fully saturated rings. The number of carbonyl (C=O) groups excluding carboxylic acids is 1. The maximum Gasteiger partial charge on any atom is 0.333 e. The molecule has 0 aliphatic carbocycles. The molecule has 0 bridgehead atoms. The molecule has 2 aromatic heterocycles. The van der Waals surface area contributed by atoms with E-state index in [1.54, 1.807) is 125 Å². The average Bonchev–Trinajstić information content (AvgIpc) is 3.96. The van der Waals surface area contributed by atoms with Gasteiger partial charge in [-0.15, -0.1) is 0 Å². The van der Waals surface area contributed by atoms with Crippen LogP contribution >= 0.6 is 0 Å². The van der Waals surface area contributed by atoms with Crippen LogP contribution in [0.15, 0.2) is 120 Å². The van der Waals surface area contributed by atoms with E-state index in [9.17, 15) is 35.5 Å². The first-order chi connectivity index (χ1) is 32.1. The van der Waals surface area contributed by atoms with E-state index in [0.29, 0.717) is 45.3 Å². The molecular formula is C47H56F2N6O11S2. The van der Waals surface area contributed by atoms with Crippen LogP contribution in [0.5, 0.6) is 23.0 Å². The number of hydrogen-bond donors (Lipinski definition) is 1. The van der Waals surface area contributed by atoms with Gasteiger partial charge in [-0.05, 0) is 98.5 Å². The van der Waals surface area contributed by atoms with E-state index in [1.165, 1.54) is 35.2 Å². The fourth-order valence-electron chi connectivity index (χ4n) is 6.47. The monoisotopic (exact) mass is 982 g/mol. The highest BCUT2D eigenvalue weighted by Gasteiger charge is 2.38. The lowest BCUT2D eigenvalue weighted by atomic mass is 10.1. The van der Waals surface area contributed by atoms with E-state index in [4.69, 9.17) is 23.7 Å². The maximum absolute atomic E-state index is 15.0. The first kappa shape index (κ1) is 52.6. The second-order valence-electron chi connectivity index (χ2n) is 16.4. The van der Waals surface area contributed by atoms with Crippen molar-refractivity contribution in [2.75, 3.05) is 42.2 Å². The molecule has 21 heteroatoms. The Morgan fingerprint density at radius 2 is 0.824 bits per heavy atom. The number of aliphatic hydroxyl groups excluding tert-OH is 1. The van der Waals surface area contributed by atoms with Crippen LogP contribution in [0.1, 0.15) is 49.9 Å². The summed E-state index contributed by atoms with van der Waals surface area (Å²) in [5.41, 5.74) is 0.341. The quantitative estimate of drug-likeness (QED) is 0.0817. The molecule has 4 aromatic carbocycles. The number of nitrogens with zero attached hydrogens (tertiary/aromatic N) is 6. The van der Waals surface area contributed by atoms with Crippen molar-refractivity contribution in [3.05, 3.63) is 143 Å². The van der Waals surface area contributed by atoms with Crippen molar-refractivity contribution in [1.82, 2.24) is 28.2 Å². The molecule has 0 aliphatic heterocycles. The second kappa shape index (κ2) is 22.1. The van der Waals surface area contributed by atoms with Gasteiger partial charge in [0, 0.05) is 26.2 Å². The highest BCUT2D eigenvalue weighted by atomic mass is 32.2. The molecule has 68 heavy (non-hydrogen) atoms. The van der Waals surface area contributed by atoms with Gasteiger partial charge in [-0.25, -0.2) is 30.4 Å². The predicted octanol–water partition coefficient (Wildman–Crippen LogP) is 6.50. The summed E-state index contributed by atoms with van der Waals surface area (Å²) in [4.78, 5) is 12.1. The zero-order valence-electron chi connectivity index (χ0n) is 39.2. The summed E-state index contributed by atoms with van der Waals surface area (Å²) < 4.78 is 114. The van der Waals surface area contributed by atoms with Crippen LogP contribution in [0.2, 0.25) is 0 Å². The van der Waals surface area contributed by atoms with Crippen molar-refractivity contribution in [3.8, 4) is 23.0 Å². The van der Waals surface area contributed by atoms with Gasteiger partial charge in [0.05, 0.1) is 60.1 Å². The number of carbonyl (C=O) groups is 1. The number of aromatic nitrogens is 4. The van der Waals surface area contributed by atoms with Crippen LogP contribution in [0.4, 0.5) is 8.78 Å². The van der Waals surface area contributed by atoms with E-state index < -0.39 is 58.8 Å². The number of ether oxygens (including phenoxy) is 5. The number of halogens is 2. The fraction of sp³-hybridized carbons (Fsp3) is 0.340. The first-order valence-electron chi connectivity index (χ1n) is 20.9. The summed E-state index contributed by atoms with van der Waals surface area (Å²) in [6, 6.07) is 27.7. The first-order valence-corrected chi connectivity index (χ1v) is 23.7. The van der Waals surface area contributed by atoms with Crippen LogP contribution in [0, 0.1) is 11.6 Å². The Balaban J connectivity index is 0.000000255. The van der Waals surface area contributed by atoms with Crippen molar-refractivity contribution >= 4 is 26.0 Å². The molecule has 2 heterocycles. The number of methoxy groups -OCH3 is 5. The zero-order chi connectivity index (χ0) is 50.0.